The van der Waals surface area contributed by atoms with Crippen LogP contribution in [0, 0.1) is 10.1 Å². The second kappa shape index (κ2) is 7.86. The van der Waals surface area contributed by atoms with E-state index in [4.69, 9.17) is 4.74 Å². The van der Waals surface area contributed by atoms with Crippen LogP contribution in [0.5, 0.6) is 0 Å². The van der Waals surface area contributed by atoms with Crippen molar-refractivity contribution >= 4 is 22.9 Å². The van der Waals surface area contributed by atoms with E-state index in [1.807, 2.05) is 48.2 Å². The molecule has 1 atom stereocenters. The first kappa shape index (κ1) is 18.4. The maximum atomic E-state index is 12.4. The molecule has 2 aromatic carbocycles. The molecule has 0 saturated heterocycles. The highest BCUT2D eigenvalue weighted by Crippen LogP contribution is 2.34. The fourth-order valence-electron chi connectivity index (χ4n) is 3.16. The van der Waals surface area contributed by atoms with Gasteiger partial charge in [-0.05, 0) is 23.6 Å². The molecule has 1 aliphatic heterocycles. The zero-order valence-corrected chi connectivity index (χ0v) is 15.2. The predicted molar refractivity (Wildman–Crippen MR) is 104 cm³/mol. The highest BCUT2D eigenvalue weighted by molar-refractivity contribution is 6.07. The minimum Gasteiger partial charge on any atom is -0.465 e. The minimum atomic E-state index is -0.449. The largest absolute Gasteiger partial charge is 0.465 e. The topological polar surface area (TPSA) is 72.7 Å². The summed E-state index contributed by atoms with van der Waals surface area (Å²) in [7, 11) is 1.34. The number of carbonyl (C=O) groups excluding carboxylic acids is 1. The number of esters is 1. The lowest BCUT2D eigenvalue weighted by Crippen LogP contribution is -2.33. The third kappa shape index (κ3) is 3.74. The molecule has 1 unspecified atom stereocenters. The van der Waals surface area contributed by atoms with E-state index in [0.717, 1.165) is 17.6 Å². The van der Waals surface area contributed by atoms with Gasteiger partial charge >= 0.3 is 5.97 Å². The molecule has 0 aliphatic carbocycles. The zero-order valence-electron chi connectivity index (χ0n) is 15.2. The highest BCUT2D eigenvalue weighted by atomic mass is 16.6. The summed E-state index contributed by atoms with van der Waals surface area (Å²) in [5, 5.41) is 11.1. The van der Waals surface area contributed by atoms with Gasteiger partial charge in [-0.1, -0.05) is 49.4 Å². The number of nitro groups is 1. The molecule has 0 radical (unpaired) electrons. The Balaban J connectivity index is 2.10. The van der Waals surface area contributed by atoms with Crippen LogP contribution in [-0.2, 0) is 9.53 Å². The van der Waals surface area contributed by atoms with Gasteiger partial charge in [-0.3, -0.25) is 10.1 Å². The van der Waals surface area contributed by atoms with Gasteiger partial charge in [-0.25, -0.2) is 4.79 Å². The van der Waals surface area contributed by atoms with Crippen molar-refractivity contribution < 1.29 is 14.5 Å². The second-order valence-electron chi connectivity index (χ2n) is 6.14. The summed E-state index contributed by atoms with van der Waals surface area (Å²) in [5.41, 5.74) is 2.80. The third-order valence-electron chi connectivity index (χ3n) is 4.52. The molecule has 0 fully saturated rings. The van der Waals surface area contributed by atoms with Gasteiger partial charge in [0.1, 0.15) is 0 Å². The Morgan fingerprint density at radius 1 is 1.19 bits per heavy atom. The molecule has 0 bridgehead atoms. The van der Waals surface area contributed by atoms with E-state index in [0.29, 0.717) is 11.3 Å². The Labute approximate surface area is 157 Å². The van der Waals surface area contributed by atoms with Crippen molar-refractivity contribution in [1.82, 2.24) is 0 Å². The number of ether oxygens (including phenoxy) is 1. The molecule has 138 valence electrons. The van der Waals surface area contributed by atoms with Crippen LogP contribution in [0.3, 0.4) is 0 Å². The molecule has 0 aromatic heterocycles. The van der Waals surface area contributed by atoms with Gasteiger partial charge in [0.05, 0.1) is 23.6 Å². The number of hydrogen-bond acceptors (Lipinski definition) is 5. The lowest BCUT2D eigenvalue weighted by molar-refractivity contribution is -0.384. The highest BCUT2D eigenvalue weighted by Gasteiger charge is 2.27. The molecule has 0 amide bonds. The molecule has 0 saturated carbocycles. The number of nitrogens with zero attached hydrogens (tertiary/aromatic N) is 2. The summed E-state index contributed by atoms with van der Waals surface area (Å²) >= 11 is 0. The first-order chi connectivity index (χ1) is 13.0. The maximum absolute atomic E-state index is 12.4. The molecule has 2 aromatic rings. The summed E-state index contributed by atoms with van der Waals surface area (Å²) in [6.45, 7) is 2.03. The number of benzene rings is 2. The van der Waals surface area contributed by atoms with Crippen molar-refractivity contribution in [1.29, 1.82) is 0 Å². The molecule has 3 rings (SSSR count). The van der Waals surface area contributed by atoms with Crippen LogP contribution in [0.25, 0.3) is 5.57 Å². The SMILES string of the molecule is CCC1C=C(c2ccccc2)C(C(=O)OC)=CN1c1cccc([N+](=O)[O-])c1. The predicted octanol–water partition coefficient (Wildman–Crippen LogP) is 4.33. The number of rotatable bonds is 5. The standard InChI is InChI=1S/C21H20N2O4/c1-3-16-13-19(15-8-5-4-6-9-15)20(21(24)27-2)14-22(16)17-10-7-11-18(12-17)23(25)26/h4-14,16H,3H2,1-2H3. The molecule has 6 nitrogen and oxygen atoms in total. The molecular formula is C21H20N2O4. The summed E-state index contributed by atoms with van der Waals surface area (Å²) < 4.78 is 4.97. The van der Waals surface area contributed by atoms with Crippen molar-refractivity contribution in [2.45, 2.75) is 19.4 Å². The molecule has 1 aliphatic rings. The smallest absolute Gasteiger partial charge is 0.339 e. The molecule has 1 heterocycles. The van der Waals surface area contributed by atoms with Crippen LogP contribution in [0.1, 0.15) is 18.9 Å². The first-order valence-corrected chi connectivity index (χ1v) is 8.65. The van der Waals surface area contributed by atoms with Gasteiger partial charge < -0.3 is 9.64 Å². The molecule has 0 N–H and O–H groups in total. The van der Waals surface area contributed by atoms with Gasteiger partial charge in [-0.2, -0.15) is 0 Å². The Morgan fingerprint density at radius 3 is 2.56 bits per heavy atom. The van der Waals surface area contributed by atoms with Crippen molar-refractivity contribution in [3.8, 4) is 0 Å². The number of carbonyl (C=O) groups is 1. The van der Waals surface area contributed by atoms with Gasteiger partial charge in [0, 0.05) is 24.0 Å². The van der Waals surface area contributed by atoms with E-state index < -0.39 is 10.9 Å². The zero-order chi connectivity index (χ0) is 19.4. The number of methoxy groups -OCH3 is 1. The summed E-state index contributed by atoms with van der Waals surface area (Å²) in [4.78, 5) is 25.0. The van der Waals surface area contributed by atoms with Crippen LogP contribution < -0.4 is 4.90 Å². The number of nitro benzene ring substituents is 1. The van der Waals surface area contributed by atoms with E-state index in [-0.39, 0.29) is 11.7 Å². The van der Waals surface area contributed by atoms with Crippen molar-refractivity contribution in [2.24, 2.45) is 0 Å². The maximum Gasteiger partial charge on any atom is 0.339 e. The van der Waals surface area contributed by atoms with E-state index in [2.05, 4.69) is 0 Å². The van der Waals surface area contributed by atoms with Gasteiger partial charge in [0.25, 0.3) is 5.69 Å². The average molecular weight is 364 g/mol. The molecule has 6 heteroatoms. The summed E-state index contributed by atoms with van der Waals surface area (Å²) in [6, 6.07) is 16.0. The Bertz CT molecular complexity index is 919. The van der Waals surface area contributed by atoms with Gasteiger partial charge in [-0.15, -0.1) is 0 Å². The van der Waals surface area contributed by atoms with E-state index in [1.165, 1.54) is 19.2 Å². The first-order valence-electron chi connectivity index (χ1n) is 8.65. The van der Waals surface area contributed by atoms with Crippen LogP contribution in [0.15, 0.2) is 72.4 Å². The monoisotopic (exact) mass is 364 g/mol. The van der Waals surface area contributed by atoms with Crippen LogP contribution >= 0.6 is 0 Å². The molecule has 0 spiro atoms. The lowest BCUT2D eigenvalue weighted by Gasteiger charge is -2.33. The average Bonchev–Trinajstić information content (AvgIpc) is 2.72. The third-order valence-corrected chi connectivity index (χ3v) is 4.52. The molecule has 27 heavy (non-hydrogen) atoms. The van der Waals surface area contributed by atoms with E-state index >= 15 is 0 Å². The van der Waals surface area contributed by atoms with Crippen LogP contribution in [0.4, 0.5) is 11.4 Å². The van der Waals surface area contributed by atoms with Crippen LogP contribution in [-0.4, -0.2) is 24.0 Å². The fraction of sp³-hybridized carbons (Fsp3) is 0.190. The number of hydrogen-bond donors (Lipinski definition) is 0. The minimum absolute atomic E-state index is 0.00760. The number of non-ortho nitro benzene ring substituents is 1. The Morgan fingerprint density at radius 2 is 1.93 bits per heavy atom. The van der Waals surface area contributed by atoms with Crippen molar-refractivity contribution in [2.75, 3.05) is 12.0 Å². The molecular weight excluding hydrogens is 344 g/mol. The summed E-state index contributed by atoms with van der Waals surface area (Å²) in [5.74, 6) is -0.449. The normalized spacial score (nSPS) is 16.4. The summed E-state index contributed by atoms with van der Waals surface area (Å²) in [6.07, 6.45) is 4.51. The van der Waals surface area contributed by atoms with E-state index in [9.17, 15) is 14.9 Å². The van der Waals surface area contributed by atoms with E-state index in [1.54, 1.807) is 18.3 Å². The second-order valence-corrected chi connectivity index (χ2v) is 6.14. The van der Waals surface area contributed by atoms with Crippen molar-refractivity contribution in [3.05, 3.63) is 88.1 Å². The van der Waals surface area contributed by atoms with Gasteiger partial charge in [0.2, 0.25) is 0 Å². The fourth-order valence-corrected chi connectivity index (χ4v) is 3.16. The Kier molecular flexibility index (Phi) is 5.35. The quantitative estimate of drug-likeness (QED) is 0.448. The lowest BCUT2D eigenvalue weighted by atomic mass is 9.92. The Hall–Kier alpha value is -3.41. The number of anilines is 1. The van der Waals surface area contributed by atoms with Crippen molar-refractivity contribution in [3.63, 3.8) is 0 Å². The van der Waals surface area contributed by atoms with Gasteiger partial charge in [0.15, 0.2) is 0 Å². The van der Waals surface area contributed by atoms with Crippen LogP contribution in [0.2, 0.25) is 0 Å².